The molecular formula is C36H65MoN6O2-. The van der Waals surface area contributed by atoms with Crippen molar-refractivity contribution in [2.75, 3.05) is 45.8 Å². The first kappa shape index (κ1) is 37.3. The van der Waals surface area contributed by atoms with E-state index < -0.39 is 0 Å². The van der Waals surface area contributed by atoms with Gasteiger partial charge >= 0.3 is 6.09 Å². The number of nitrogens with zero attached hydrogens (tertiary/aromatic N) is 2. The standard InChI is InChI=1S/C36H65N6O2.Mo/c1-7-41-21-23-42(24-22-41)20-19-40-31(43)44-29-13-14-32(5)28(25-29)11-12-30-35(32,38)16-15-33(6)34(37,17-18-36(30,33)39)27(4)10-8-9-26(2)3;/h11,26-27,29-30H,1,7-10,12-25,37-39H2,2-6H3,(H,40,43);/q-1;/t27-,29?,30-,32?,33-,34+,35-,36-;/m1./s1. The molecule has 0 aromatic heterocycles. The average Bonchev–Trinajstić information content (AvgIpc) is 3.20. The Bertz CT molecular complexity index is 1070. The van der Waals surface area contributed by atoms with Gasteiger partial charge in [0, 0.05) is 94.2 Å². The SMILES string of the molecule is [CH2-]CN1CCN(CCNC(=O)OC2CCC3(C)C(=CC[C@@H]4[C@]3(N)CC[C@@]3(C)[C@@]4(N)CC[C@]3(N)[C@H](C)CCCC(C)C)C2)CC1.[Mo]. The second kappa shape index (κ2) is 14.2. The van der Waals surface area contributed by atoms with Gasteiger partial charge in [-0.25, -0.2) is 4.79 Å². The summed E-state index contributed by atoms with van der Waals surface area (Å²) < 4.78 is 5.98. The summed E-state index contributed by atoms with van der Waals surface area (Å²) in [7, 11) is 0. The first-order valence-electron chi connectivity index (χ1n) is 18.0. The van der Waals surface area contributed by atoms with Crippen LogP contribution in [0, 0.1) is 35.5 Å². The van der Waals surface area contributed by atoms with Crippen LogP contribution in [0.3, 0.4) is 0 Å². The van der Waals surface area contributed by atoms with Crippen LogP contribution in [0.5, 0.6) is 0 Å². The van der Waals surface area contributed by atoms with Gasteiger partial charge in [-0.15, -0.1) is 6.54 Å². The van der Waals surface area contributed by atoms with Gasteiger partial charge in [0.2, 0.25) is 0 Å². The maximum absolute atomic E-state index is 12.8. The van der Waals surface area contributed by atoms with Crippen LogP contribution in [0.1, 0.15) is 105 Å². The molecule has 0 spiro atoms. The van der Waals surface area contributed by atoms with E-state index in [0.29, 0.717) is 12.5 Å². The summed E-state index contributed by atoms with van der Waals surface area (Å²) in [5, 5.41) is 3.00. The molecule has 5 aliphatic rings. The fourth-order valence-electron chi connectivity index (χ4n) is 10.6. The predicted octanol–water partition coefficient (Wildman–Crippen LogP) is 4.82. The van der Waals surface area contributed by atoms with Gasteiger partial charge < -0.3 is 39.1 Å². The molecule has 4 aliphatic carbocycles. The third kappa shape index (κ3) is 6.48. The van der Waals surface area contributed by atoms with E-state index in [9.17, 15) is 4.79 Å². The molecule has 8 atom stereocenters. The molecule has 1 amide bonds. The molecule has 0 radical (unpaired) electrons. The smallest absolute Gasteiger partial charge is 0.407 e. The van der Waals surface area contributed by atoms with Crippen molar-refractivity contribution in [3.05, 3.63) is 18.6 Å². The Kier molecular flexibility index (Phi) is 11.7. The summed E-state index contributed by atoms with van der Waals surface area (Å²) in [6.07, 6.45) is 13.0. The van der Waals surface area contributed by atoms with Gasteiger partial charge in [0.05, 0.1) is 0 Å². The van der Waals surface area contributed by atoms with Crippen molar-refractivity contribution in [1.29, 1.82) is 0 Å². The Morgan fingerprint density at radius 2 is 1.67 bits per heavy atom. The fraction of sp³-hybridized carbons (Fsp3) is 0.889. The number of ether oxygens (including phenoxy) is 1. The maximum atomic E-state index is 12.8. The van der Waals surface area contributed by atoms with E-state index in [0.717, 1.165) is 96.6 Å². The van der Waals surface area contributed by atoms with Gasteiger partial charge in [-0.2, -0.15) is 0 Å². The molecule has 8 nitrogen and oxygen atoms in total. The number of hydrogen-bond acceptors (Lipinski definition) is 7. The molecule has 0 aromatic rings. The number of carbonyl (C=O) groups is 1. The van der Waals surface area contributed by atoms with Crippen molar-refractivity contribution >= 4 is 6.09 Å². The predicted molar refractivity (Wildman–Crippen MR) is 180 cm³/mol. The minimum Gasteiger partial charge on any atom is -0.446 e. The zero-order valence-corrected chi connectivity index (χ0v) is 31.2. The minimum absolute atomic E-state index is 0. The number of piperazine rings is 1. The van der Waals surface area contributed by atoms with E-state index in [1.807, 2.05) is 0 Å². The van der Waals surface area contributed by atoms with Gasteiger partial charge in [-0.1, -0.05) is 59.1 Å². The van der Waals surface area contributed by atoms with Crippen molar-refractivity contribution in [3.63, 3.8) is 0 Å². The summed E-state index contributed by atoms with van der Waals surface area (Å²) in [6.45, 7) is 22.2. The molecule has 0 aromatic carbocycles. The fourth-order valence-corrected chi connectivity index (χ4v) is 10.6. The van der Waals surface area contributed by atoms with Crippen LogP contribution < -0.4 is 22.5 Å². The molecule has 45 heavy (non-hydrogen) atoms. The average molecular weight is 710 g/mol. The molecular weight excluding hydrogens is 644 g/mol. The first-order valence-corrected chi connectivity index (χ1v) is 18.0. The summed E-state index contributed by atoms with van der Waals surface area (Å²) in [6, 6.07) is 0. The Hall–Kier alpha value is -0.502. The van der Waals surface area contributed by atoms with Crippen LogP contribution in [-0.2, 0) is 25.8 Å². The van der Waals surface area contributed by atoms with Crippen LogP contribution in [0.2, 0.25) is 0 Å². The molecule has 5 rings (SSSR count). The monoisotopic (exact) mass is 711 g/mol. The number of amides is 1. The van der Waals surface area contributed by atoms with Crippen LogP contribution in [0.25, 0.3) is 0 Å². The summed E-state index contributed by atoms with van der Waals surface area (Å²) in [4.78, 5) is 17.5. The third-order valence-electron chi connectivity index (χ3n) is 14.1. The number of rotatable bonds is 10. The molecule has 4 fully saturated rings. The normalized spacial score (nSPS) is 40.9. The number of hydrogen-bond donors (Lipinski definition) is 4. The zero-order valence-electron chi connectivity index (χ0n) is 29.2. The van der Waals surface area contributed by atoms with Crippen LogP contribution >= 0.6 is 0 Å². The number of nitrogens with one attached hydrogen (secondary N) is 1. The second-order valence-electron chi connectivity index (χ2n) is 16.4. The number of alkyl carbamates (subject to hydrolysis) is 1. The van der Waals surface area contributed by atoms with Crippen molar-refractivity contribution in [2.24, 2.45) is 45.8 Å². The van der Waals surface area contributed by atoms with Gasteiger partial charge in [0.15, 0.2) is 0 Å². The first-order chi connectivity index (χ1) is 20.7. The summed E-state index contributed by atoms with van der Waals surface area (Å²) >= 11 is 0. The largest absolute Gasteiger partial charge is 0.446 e. The minimum atomic E-state index is -0.376. The molecule has 258 valence electrons. The van der Waals surface area contributed by atoms with E-state index in [2.05, 4.69) is 62.7 Å². The van der Waals surface area contributed by atoms with E-state index in [4.69, 9.17) is 21.9 Å². The topological polar surface area (TPSA) is 123 Å². The van der Waals surface area contributed by atoms with Crippen LogP contribution in [0.15, 0.2) is 11.6 Å². The molecule has 9 heteroatoms. The van der Waals surface area contributed by atoms with Gasteiger partial charge in [-0.05, 0) is 69.1 Å². The van der Waals surface area contributed by atoms with Crippen molar-refractivity contribution in [3.8, 4) is 0 Å². The quantitative estimate of drug-likeness (QED) is 0.146. The Balaban J connectivity index is 0.00000461. The molecule has 3 saturated carbocycles. The van der Waals surface area contributed by atoms with E-state index in [1.54, 1.807) is 0 Å². The summed E-state index contributed by atoms with van der Waals surface area (Å²) in [5.41, 5.74) is 22.8. The van der Waals surface area contributed by atoms with Gasteiger partial charge in [-0.3, -0.25) is 4.90 Å². The zero-order chi connectivity index (χ0) is 32.0. The summed E-state index contributed by atoms with van der Waals surface area (Å²) in [5.74, 6) is 1.37. The van der Waals surface area contributed by atoms with E-state index in [1.165, 1.54) is 24.8 Å². The van der Waals surface area contributed by atoms with Crippen molar-refractivity contribution in [1.82, 2.24) is 15.1 Å². The second-order valence-corrected chi connectivity index (χ2v) is 16.4. The number of carbonyl (C=O) groups excluding carboxylic acids is 1. The number of fused-ring (bicyclic) bond motifs is 5. The van der Waals surface area contributed by atoms with Crippen LogP contribution in [-0.4, -0.2) is 84.4 Å². The number of allylic oxidation sites excluding steroid dienone is 1. The van der Waals surface area contributed by atoms with Crippen molar-refractivity contribution < 1.29 is 30.6 Å². The Morgan fingerprint density at radius 3 is 2.33 bits per heavy atom. The van der Waals surface area contributed by atoms with Crippen molar-refractivity contribution in [2.45, 2.75) is 128 Å². The Labute approximate surface area is 289 Å². The molecule has 1 heterocycles. The molecule has 7 N–H and O–H groups in total. The molecule has 1 saturated heterocycles. The van der Waals surface area contributed by atoms with E-state index in [-0.39, 0.29) is 66.6 Å². The maximum Gasteiger partial charge on any atom is 0.407 e. The number of nitrogens with two attached hydrogens (primary N) is 3. The Morgan fingerprint density at radius 1 is 1.00 bits per heavy atom. The molecule has 1 aliphatic heterocycles. The van der Waals surface area contributed by atoms with E-state index >= 15 is 0 Å². The van der Waals surface area contributed by atoms with Gasteiger partial charge in [0.1, 0.15) is 6.10 Å². The van der Waals surface area contributed by atoms with Crippen LogP contribution in [0.4, 0.5) is 4.79 Å². The van der Waals surface area contributed by atoms with Gasteiger partial charge in [0.25, 0.3) is 0 Å². The third-order valence-corrected chi connectivity index (χ3v) is 14.1. The molecule has 0 bridgehead atoms. The molecule has 2 unspecified atom stereocenters.